The maximum atomic E-state index is 9.80. The van der Waals surface area contributed by atoms with Crippen molar-refractivity contribution in [3.05, 3.63) is 0 Å². The van der Waals surface area contributed by atoms with Crippen molar-refractivity contribution in [1.29, 1.82) is 0 Å². The van der Waals surface area contributed by atoms with Gasteiger partial charge in [0.1, 0.15) is 18.3 Å². The van der Waals surface area contributed by atoms with Crippen molar-refractivity contribution in [2.24, 2.45) is 0 Å². The maximum Gasteiger partial charge on any atom is 0.185 e. The standard InChI is InChI=1S/C8H13NO4/c10-6-5-7(11-2-1-9-5)4-3-12-8(6)13-4/h4-10H,1-3H2. The van der Waals surface area contributed by atoms with Gasteiger partial charge in [0.05, 0.1) is 19.3 Å². The predicted molar refractivity (Wildman–Crippen MR) is 42.2 cm³/mol. The first-order valence-electron chi connectivity index (χ1n) is 4.66. The third kappa shape index (κ3) is 1.12. The molecule has 0 radical (unpaired) electrons. The van der Waals surface area contributed by atoms with E-state index in [1.807, 2.05) is 0 Å². The molecule has 3 saturated heterocycles. The third-order valence-corrected chi connectivity index (χ3v) is 2.89. The third-order valence-electron chi connectivity index (χ3n) is 2.89. The van der Waals surface area contributed by atoms with Gasteiger partial charge in [-0.25, -0.2) is 0 Å². The molecule has 5 unspecified atom stereocenters. The molecule has 3 rings (SSSR count). The number of fused-ring (bicyclic) bond motifs is 4. The van der Waals surface area contributed by atoms with E-state index in [2.05, 4.69) is 5.32 Å². The first-order valence-corrected chi connectivity index (χ1v) is 4.66. The zero-order chi connectivity index (χ0) is 8.84. The molecule has 5 atom stereocenters. The van der Waals surface area contributed by atoms with E-state index in [9.17, 15) is 5.11 Å². The van der Waals surface area contributed by atoms with E-state index >= 15 is 0 Å². The number of ether oxygens (including phenoxy) is 3. The summed E-state index contributed by atoms with van der Waals surface area (Å²) < 4.78 is 16.3. The molecule has 13 heavy (non-hydrogen) atoms. The molecule has 5 nitrogen and oxygen atoms in total. The predicted octanol–water partition coefficient (Wildman–Crippen LogP) is -1.54. The number of hydrogen-bond acceptors (Lipinski definition) is 5. The van der Waals surface area contributed by atoms with Gasteiger partial charge in [-0.3, -0.25) is 0 Å². The van der Waals surface area contributed by atoms with E-state index in [0.29, 0.717) is 13.2 Å². The molecule has 3 aliphatic heterocycles. The number of morpholine rings is 1. The van der Waals surface area contributed by atoms with Crippen molar-refractivity contribution in [3.63, 3.8) is 0 Å². The Balaban J connectivity index is 1.85. The van der Waals surface area contributed by atoms with Crippen LogP contribution in [0.3, 0.4) is 0 Å². The lowest BCUT2D eigenvalue weighted by Gasteiger charge is -2.41. The highest BCUT2D eigenvalue weighted by molar-refractivity contribution is 4.99. The monoisotopic (exact) mass is 187 g/mol. The Morgan fingerprint density at radius 2 is 2.23 bits per heavy atom. The molecule has 3 aliphatic rings. The Bertz CT molecular complexity index is 206. The summed E-state index contributed by atoms with van der Waals surface area (Å²) in [6, 6.07) is -0.0278. The van der Waals surface area contributed by atoms with Crippen LogP contribution in [-0.4, -0.2) is 55.5 Å². The first kappa shape index (κ1) is 8.14. The van der Waals surface area contributed by atoms with Gasteiger partial charge in [0.25, 0.3) is 0 Å². The van der Waals surface area contributed by atoms with Crippen molar-refractivity contribution in [2.75, 3.05) is 19.8 Å². The van der Waals surface area contributed by atoms with Crippen LogP contribution in [0.15, 0.2) is 0 Å². The summed E-state index contributed by atoms with van der Waals surface area (Å²) in [6.45, 7) is 2.00. The fraction of sp³-hybridized carbons (Fsp3) is 1.00. The molecule has 0 aromatic rings. The number of aliphatic hydroxyl groups excluding tert-OH is 1. The molecule has 3 fully saturated rings. The van der Waals surface area contributed by atoms with Crippen LogP contribution in [0.5, 0.6) is 0 Å². The Morgan fingerprint density at radius 1 is 1.31 bits per heavy atom. The Hall–Kier alpha value is -0.200. The van der Waals surface area contributed by atoms with Gasteiger partial charge in [0.2, 0.25) is 0 Å². The van der Waals surface area contributed by atoms with Crippen LogP contribution in [-0.2, 0) is 14.2 Å². The molecule has 0 amide bonds. The summed E-state index contributed by atoms with van der Waals surface area (Å²) in [5.41, 5.74) is 0. The van der Waals surface area contributed by atoms with Crippen molar-refractivity contribution in [3.8, 4) is 0 Å². The lowest BCUT2D eigenvalue weighted by molar-refractivity contribution is -0.214. The average molecular weight is 187 g/mol. The number of hydrogen-bond donors (Lipinski definition) is 2. The van der Waals surface area contributed by atoms with Gasteiger partial charge in [0.15, 0.2) is 6.29 Å². The van der Waals surface area contributed by atoms with Gasteiger partial charge in [-0.05, 0) is 0 Å². The summed E-state index contributed by atoms with van der Waals surface area (Å²) in [4.78, 5) is 0. The van der Waals surface area contributed by atoms with E-state index in [1.165, 1.54) is 0 Å². The lowest BCUT2D eigenvalue weighted by Crippen LogP contribution is -2.64. The Kier molecular flexibility index (Phi) is 1.81. The molecule has 2 N–H and O–H groups in total. The minimum Gasteiger partial charge on any atom is -0.386 e. The summed E-state index contributed by atoms with van der Waals surface area (Å²) in [5, 5.41) is 13.0. The van der Waals surface area contributed by atoms with Crippen LogP contribution in [0.4, 0.5) is 0 Å². The Morgan fingerprint density at radius 3 is 3.15 bits per heavy atom. The number of nitrogens with one attached hydrogen (secondary N) is 1. The van der Waals surface area contributed by atoms with Crippen molar-refractivity contribution in [1.82, 2.24) is 5.32 Å². The van der Waals surface area contributed by atoms with Gasteiger partial charge in [0, 0.05) is 6.54 Å². The van der Waals surface area contributed by atoms with Crippen molar-refractivity contribution < 1.29 is 19.3 Å². The van der Waals surface area contributed by atoms with Crippen LogP contribution < -0.4 is 5.32 Å². The van der Waals surface area contributed by atoms with E-state index in [4.69, 9.17) is 14.2 Å². The average Bonchev–Trinajstić information content (AvgIpc) is 2.61. The van der Waals surface area contributed by atoms with Crippen LogP contribution in [0.1, 0.15) is 0 Å². The molecule has 0 aromatic carbocycles. The molecule has 0 saturated carbocycles. The molecular weight excluding hydrogens is 174 g/mol. The maximum absolute atomic E-state index is 9.80. The minimum absolute atomic E-state index is 0.00815. The summed E-state index contributed by atoms with van der Waals surface area (Å²) in [6.07, 6.45) is -1.13. The summed E-state index contributed by atoms with van der Waals surface area (Å²) in [5.74, 6) is 0. The fourth-order valence-electron chi connectivity index (χ4n) is 2.26. The molecule has 5 heteroatoms. The highest BCUT2D eigenvalue weighted by Gasteiger charge is 2.51. The van der Waals surface area contributed by atoms with Crippen molar-refractivity contribution >= 4 is 0 Å². The lowest BCUT2D eigenvalue weighted by atomic mass is 9.97. The first-order chi connectivity index (χ1) is 6.36. The second-order valence-electron chi connectivity index (χ2n) is 3.68. The number of rotatable bonds is 0. The molecule has 74 valence electrons. The minimum atomic E-state index is -0.607. The molecule has 0 aromatic heterocycles. The second kappa shape index (κ2) is 2.90. The highest BCUT2D eigenvalue weighted by Crippen LogP contribution is 2.30. The zero-order valence-corrected chi connectivity index (χ0v) is 7.18. The topological polar surface area (TPSA) is 60.0 Å². The van der Waals surface area contributed by atoms with Gasteiger partial charge in [-0.15, -0.1) is 0 Å². The van der Waals surface area contributed by atoms with E-state index < -0.39 is 12.4 Å². The van der Waals surface area contributed by atoms with E-state index in [0.717, 1.165) is 6.54 Å². The second-order valence-corrected chi connectivity index (χ2v) is 3.68. The smallest absolute Gasteiger partial charge is 0.185 e. The highest BCUT2D eigenvalue weighted by atomic mass is 16.7. The largest absolute Gasteiger partial charge is 0.386 e. The SMILES string of the molecule is OC1C2OCC(O2)C2OCCNC12. The van der Waals surface area contributed by atoms with Crippen LogP contribution in [0.25, 0.3) is 0 Å². The van der Waals surface area contributed by atoms with Gasteiger partial charge >= 0.3 is 0 Å². The van der Waals surface area contributed by atoms with Gasteiger partial charge in [-0.2, -0.15) is 0 Å². The molecular formula is C8H13NO4. The van der Waals surface area contributed by atoms with Gasteiger partial charge < -0.3 is 24.6 Å². The summed E-state index contributed by atoms with van der Waals surface area (Å²) in [7, 11) is 0. The molecule has 0 aliphatic carbocycles. The van der Waals surface area contributed by atoms with Crippen LogP contribution in [0.2, 0.25) is 0 Å². The number of aliphatic hydroxyl groups is 1. The quantitative estimate of drug-likeness (QED) is 0.481. The fourth-order valence-corrected chi connectivity index (χ4v) is 2.26. The summed E-state index contributed by atoms with van der Waals surface area (Å²) >= 11 is 0. The molecule has 0 spiro atoms. The van der Waals surface area contributed by atoms with Gasteiger partial charge in [-0.1, -0.05) is 0 Å². The Labute approximate surface area is 76.0 Å². The van der Waals surface area contributed by atoms with E-state index in [1.54, 1.807) is 0 Å². The normalized spacial score (nSPS) is 54.7. The van der Waals surface area contributed by atoms with E-state index in [-0.39, 0.29) is 18.2 Å². The van der Waals surface area contributed by atoms with Crippen LogP contribution >= 0.6 is 0 Å². The van der Waals surface area contributed by atoms with Crippen LogP contribution in [0, 0.1) is 0 Å². The zero-order valence-electron chi connectivity index (χ0n) is 7.18. The molecule has 3 heterocycles. The molecule has 2 bridgehead atoms. The van der Waals surface area contributed by atoms with Crippen molar-refractivity contribution in [2.45, 2.75) is 30.6 Å².